The molecular weight excluding hydrogens is 539 g/mol. The van der Waals surface area contributed by atoms with Crippen molar-refractivity contribution >= 4 is 33.0 Å². The van der Waals surface area contributed by atoms with E-state index in [1.54, 1.807) is 0 Å². The Hall–Kier alpha value is -3.76. The van der Waals surface area contributed by atoms with Crippen molar-refractivity contribution in [3.63, 3.8) is 0 Å². The van der Waals surface area contributed by atoms with Gasteiger partial charge >= 0.3 is 5.97 Å². The average molecular weight is 567 g/mol. The largest absolute Gasteiger partial charge is 0.495 e. The van der Waals surface area contributed by atoms with E-state index in [1.165, 1.54) is 24.4 Å². The van der Waals surface area contributed by atoms with Crippen LogP contribution < -0.4 is 9.46 Å². The highest BCUT2D eigenvalue weighted by Gasteiger charge is 2.25. The van der Waals surface area contributed by atoms with Crippen molar-refractivity contribution in [1.29, 1.82) is 0 Å². The molecular formula is C29H27FN2O5S2. The van der Waals surface area contributed by atoms with Crippen molar-refractivity contribution in [2.45, 2.75) is 41.7 Å². The molecule has 10 heteroatoms. The van der Waals surface area contributed by atoms with Crippen molar-refractivity contribution < 1.29 is 27.4 Å². The number of benzene rings is 3. The fraction of sp³-hybridized carbons (Fsp3) is 0.241. The van der Waals surface area contributed by atoms with Crippen LogP contribution >= 0.6 is 11.3 Å². The molecule has 39 heavy (non-hydrogen) atoms. The van der Waals surface area contributed by atoms with Crippen LogP contribution in [0.2, 0.25) is 0 Å². The van der Waals surface area contributed by atoms with Crippen LogP contribution in [0.5, 0.6) is 5.75 Å². The van der Waals surface area contributed by atoms with Gasteiger partial charge in [-0.25, -0.2) is 22.6 Å². The van der Waals surface area contributed by atoms with Gasteiger partial charge in [0.05, 0.1) is 24.6 Å². The van der Waals surface area contributed by atoms with Crippen molar-refractivity contribution in [1.82, 2.24) is 4.98 Å². The summed E-state index contributed by atoms with van der Waals surface area (Å²) in [6.45, 7) is 0. The molecule has 1 aromatic heterocycles. The van der Waals surface area contributed by atoms with Gasteiger partial charge in [-0.05, 0) is 54.7 Å². The number of nitrogens with one attached hydrogen (secondary N) is 1. The number of thiazole rings is 1. The van der Waals surface area contributed by atoms with E-state index in [0.29, 0.717) is 16.8 Å². The summed E-state index contributed by atoms with van der Waals surface area (Å²) in [6.07, 6.45) is 5.81. The Morgan fingerprint density at radius 2 is 1.62 bits per heavy atom. The quantitative estimate of drug-likeness (QED) is 0.240. The topological polar surface area (TPSA) is 106 Å². The minimum atomic E-state index is -4.12. The summed E-state index contributed by atoms with van der Waals surface area (Å²) in [7, 11) is -2.89. The van der Waals surface area contributed by atoms with Gasteiger partial charge in [-0.2, -0.15) is 0 Å². The first kappa shape index (κ1) is 26.8. The van der Waals surface area contributed by atoms with E-state index >= 15 is 0 Å². The highest BCUT2D eigenvalue weighted by molar-refractivity contribution is 7.94. The molecule has 1 heterocycles. The van der Waals surface area contributed by atoms with Crippen molar-refractivity contribution in [2.75, 3.05) is 11.8 Å². The SMILES string of the molecule is COc1cc(C(=O)O)c(F)cc1NS(=O)(=O)c1cnc(-c2ccc(C3CCC(c4ccccc4)CC3)cc2)s1. The van der Waals surface area contributed by atoms with Gasteiger partial charge in [0.2, 0.25) is 0 Å². The first-order valence-electron chi connectivity index (χ1n) is 12.5. The fourth-order valence-electron chi connectivity index (χ4n) is 5.06. The van der Waals surface area contributed by atoms with E-state index in [9.17, 15) is 17.6 Å². The highest BCUT2D eigenvalue weighted by Crippen LogP contribution is 2.41. The van der Waals surface area contributed by atoms with Gasteiger partial charge in [-0.1, -0.05) is 54.6 Å². The molecule has 0 saturated heterocycles. The number of ether oxygens (including phenoxy) is 1. The van der Waals surface area contributed by atoms with Crippen LogP contribution in [-0.2, 0) is 10.0 Å². The summed E-state index contributed by atoms with van der Waals surface area (Å²) in [5.74, 6) is -1.58. The summed E-state index contributed by atoms with van der Waals surface area (Å²) in [5.41, 5.74) is 2.66. The Bertz CT molecular complexity index is 1580. The highest BCUT2D eigenvalue weighted by atomic mass is 32.2. The number of halogens is 1. The van der Waals surface area contributed by atoms with E-state index in [-0.39, 0.29) is 15.6 Å². The first-order chi connectivity index (χ1) is 18.7. The van der Waals surface area contributed by atoms with E-state index in [4.69, 9.17) is 9.84 Å². The van der Waals surface area contributed by atoms with E-state index in [1.807, 2.05) is 18.2 Å². The average Bonchev–Trinajstić information content (AvgIpc) is 3.45. The van der Waals surface area contributed by atoms with Crippen molar-refractivity contribution in [2.24, 2.45) is 0 Å². The molecule has 7 nitrogen and oxygen atoms in total. The van der Waals surface area contributed by atoms with Crippen molar-refractivity contribution in [3.8, 4) is 16.3 Å². The summed E-state index contributed by atoms with van der Waals surface area (Å²) in [4.78, 5) is 15.5. The van der Waals surface area contributed by atoms with E-state index in [0.717, 1.165) is 54.7 Å². The Labute approximate surface area is 230 Å². The second kappa shape index (κ2) is 11.2. The van der Waals surface area contributed by atoms with Gasteiger partial charge in [-0.3, -0.25) is 4.72 Å². The lowest BCUT2D eigenvalue weighted by Gasteiger charge is -2.29. The van der Waals surface area contributed by atoms with Crippen LogP contribution in [0.1, 0.15) is 59.0 Å². The van der Waals surface area contributed by atoms with Gasteiger partial charge in [0.25, 0.3) is 10.0 Å². The van der Waals surface area contributed by atoms with Crippen LogP contribution in [0.4, 0.5) is 10.1 Å². The molecule has 1 aliphatic rings. The summed E-state index contributed by atoms with van der Waals surface area (Å²) in [6, 6.07) is 20.5. The second-order valence-corrected chi connectivity index (χ2v) is 12.4. The number of nitrogens with zero attached hydrogens (tertiary/aromatic N) is 1. The van der Waals surface area contributed by atoms with Gasteiger partial charge in [0.15, 0.2) is 4.21 Å². The molecule has 0 atom stereocenters. The summed E-state index contributed by atoms with van der Waals surface area (Å²) >= 11 is 0.987. The molecule has 1 fully saturated rings. The maximum Gasteiger partial charge on any atom is 0.338 e. The fourth-order valence-corrected chi connectivity index (χ4v) is 7.26. The van der Waals surface area contributed by atoms with E-state index < -0.39 is 27.4 Å². The third-order valence-electron chi connectivity index (χ3n) is 7.14. The zero-order valence-electron chi connectivity index (χ0n) is 21.1. The normalized spacial score (nSPS) is 17.5. The van der Waals surface area contributed by atoms with Gasteiger partial charge in [-0.15, -0.1) is 11.3 Å². The molecule has 0 unspecified atom stereocenters. The smallest absolute Gasteiger partial charge is 0.338 e. The van der Waals surface area contributed by atoms with Crippen LogP contribution in [0.15, 0.2) is 77.1 Å². The summed E-state index contributed by atoms with van der Waals surface area (Å²) < 4.78 is 47.5. The van der Waals surface area contributed by atoms with Crippen LogP contribution in [0.25, 0.3) is 10.6 Å². The monoisotopic (exact) mass is 566 g/mol. The molecule has 0 spiro atoms. The van der Waals surface area contributed by atoms with Crippen LogP contribution in [0.3, 0.4) is 0 Å². The molecule has 0 aliphatic heterocycles. The molecule has 5 rings (SSSR count). The maximum atomic E-state index is 14.2. The molecule has 0 bridgehead atoms. The number of hydrogen-bond acceptors (Lipinski definition) is 6. The lowest BCUT2D eigenvalue weighted by atomic mass is 9.76. The Balaban J connectivity index is 1.27. The molecule has 4 aromatic rings. The number of aromatic nitrogens is 1. The van der Waals surface area contributed by atoms with Gasteiger partial charge < -0.3 is 9.84 Å². The zero-order chi connectivity index (χ0) is 27.6. The molecule has 1 saturated carbocycles. The van der Waals surface area contributed by atoms with Crippen LogP contribution in [0, 0.1) is 5.82 Å². The number of carbonyl (C=O) groups is 1. The number of carboxylic acids is 1. The number of carboxylic acid groups (broad SMARTS) is 1. The molecule has 0 radical (unpaired) electrons. The Kier molecular flexibility index (Phi) is 7.67. The number of hydrogen-bond donors (Lipinski definition) is 2. The Morgan fingerprint density at radius 3 is 2.21 bits per heavy atom. The lowest BCUT2D eigenvalue weighted by molar-refractivity contribution is 0.0691. The standard InChI is InChI=1S/C29H27FN2O5S2/c1-37-26-15-23(29(33)34)24(30)16-25(26)32-39(35,36)27-17-31-28(38-27)22-13-11-21(12-14-22)20-9-7-19(8-10-20)18-5-3-2-4-6-18/h2-6,11-17,19-20,32H,7-10H2,1H3,(H,33,34). The lowest BCUT2D eigenvalue weighted by Crippen LogP contribution is -2.13. The zero-order valence-corrected chi connectivity index (χ0v) is 22.8. The van der Waals surface area contributed by atoms with Crippen molar-refractivity contribution in [3.05, 3.63) is 95.4 Å². The number of anilines is 1. The number of rotatable bonds is 8. The number of methoxy groups -OCH3 is 1. The molecule has 3 aromatic carbocycles. The van der Waals surface area contributed by atoms with Crippen LogP contribution in [-0.4, -0.2) is 31.6 Å². The minimum absolute atomic E-state index is 0.0643. The van der Waals surface area contributed by atoms with Gasteiger partial charge in [0, 0.05) is 11.6 Å². The van der Waals surface area contributed by atoms with E-state index in [2.05, 4.69) is 46.1 Å². The maximum absolute atomic E-state index is 14.2. The third kappa shape index (κ3) is 5.81. The first-order valence-corrected chi connectivity index (χ1v) is 14.8. The predicted octanol–water partition coefficient (Wildman–Crippen LogP) is 6.90. The Morgan fingerprint density at radius 1 is 1.00 bits per heavy atom. The predicted molar refractivity (Wildman–Crippen MR) is 149 cm³/mol. The molecule has 202 valence electrons. The molecule has 0 amide bonds. The second-order valence-electron chi connectivity index (χ2n) is 9.51. The minimum Gasteiger partial charge on any atom is -0.495 e. The molecule has 2 N–H and O–H groups in total. The van der Waals surface area contributed by atoms with Gasteiger partial charge in [0.1, 0.15) is 16.6 Å². The summed E-state index contributed by atoms with van der Waals surface area (Å²) in [5, 5.41) is 9.64. The number of sulfonamides is 1. The number of aromatic carboxylic acids is 1. The third-order valence-corrected chi connectivity index (χ3v) is 10.0. The molecule has 1 aliphatic carbocycles.